The molecule has 1 saturated heterocycles. The number of rotatable bonds is 4. The molecule has 6 nitrogen and oxygen atoms in total. The summed E-state index contributed by atoms with van der Waals surface area (Å²) in [6, 6.07) is -0.115. The molecule has 0 aromatic carbocycles. The number of hydrogen-bond donors (Lipinski definition) is 1. The molecule has 2 heterocycles. The van der Waals surface area contributed by atoms with Gasteiger partial charge in [-0.1, -0.05) is 19.0 Å². The van der Waals surface area contributed by atoms with E-state index >= 15 is 0 Å². The van der Waals surface area contributed by atoms with Gasteiger partial charge in [0.25, 0.3) is 0 Å². The molecule has 102 valence electrons. The van der Waals surface area contributed by atoms with Gasteiger partial charge in [0.05, 0.1) is 11.5 Å². The van der Waals surface area contributed by atoms with Gasteiger partial charge in [-0.25, -0.2) is 8.42 Å². The van der Waals surface area contributed by atoms with Crippen molar-refractivity contribution in [3.8, 4) is 0 Å². The maximum absolute atomic E-state index is 11.5. The Morgan fingerprint density at radius 1 is 1.50 bits per heavy atom. The zero-order valence-corrected chi connectivity index (χ0v) is 11.5. The molecule has 1 fully saturated rings. The quantitative estimate of drug-likeness (QED) is 0.843. The van der Waals surface area contributed by atoms with Gasteiger partial charge in [-0.05, 0) is 5.92 Å². The summed E-state index contributed by atoms with van der Waals surface area (Å²) in [4.78, 5) is 4.28. The highest BCUT2D eigenvalue weighted by atomic mass is 32.2. The second-order valence-electron chi connectivity index (χ2n) is 5.17. The molecular weight excluding hydrogens is 254 g/mol. The van der Waals surface area contributed by atoms with Crippen molar-refractivity contribution in [3.63, 3.8) is 0 Å². The first-order valence-electron chi connectivity index (χ1n) is 6.20. The van der Waals surface area contributed by atoms with Gasteiger partial charge in [0.15, 0.2) is 15.7 Å². The molecule has 1 aromatic heterocycles. The van der Waals surface area contributed by atoms with Crippen LogP contribution in [0.25, 0.3) is 0 Å². The van der Waals surface area contributed by atoms with Crippen LogP contribution in [-0.2, 0) is 22.7 Å². The van der Waals surface area contributed by atoms with Gasteiger partial charge >= 0.3 is 0 Å². The van der Waals surface area contributed by atoms with Gasteiger partial charge in [-0.15, -0.1) is 0 Å². The molecule has 1 aromatic rings. The molecule has 1 aliphatic heterocycles. The highest BCUT2D eigenvalue weighted by molar-refractivity contribution is 7.91. The summed E-state index contributed by atoms with van der Waals surface area (Å²) in [7, 11) is -2.92. The minimum absolute atomic E-state index is 0.115. The van der Waals surface area contributed by atoms with E-state index in [0.717, 1.165) is 6.42 Å². The molecule has 18 heavy (non-hydrogen) atoms. The third-order valence-corrected chi connectivity index (χ3v) is 4.56. The summed E-state index contributed by atoms with van der Waals surface area (Å²) in [5.41, 5.74) is 0. The van der Waals surface area contributed by atoms with Crippen molar-refractivity contribution in [1.29, 1.82) is 0 Å². The van der Waals surface area contributed by atoms with Gasteiger partial charge in [0.2, 0.25) is 5.89 Å². The lowest BCUT2D eigenvalue weighted by Gasteiger charge is -2.21. The maximum atomic E-state index is 11.5. The SMILES string of the molecule is CC(C)Cc1noc(CC2CS(=O)(=O)CCN2)n1. The van der Waals surface area contributed by atoms with E-state index in [0.29, 0.717) is 30.6 Å². The van der Waals surface area contributed by atoms with E-state index in [-0.39, 0.29) is 17.5 Å². The fourth-order valence-electron chi connectivity index (χ4n) is 2.03. The standard InChI is InChI=1S/C11H19N3O3S/c1-8(2)5-10-13-11(17-14-10)6-9-7-18(15,16)4-3-12-9/h8-9,12H,3-7H2,1-2H3. The predicted octanol–water partition coefficient (Wildman–Crippen LogP) is 0.197. The minimum Gasteiger partial charge on any atom is -0.339 e. The van der Waals surface area contributed by atoms with E-state index in [1.165, 1.54) is 0 Å². The second kappa shape index (κ2) is 5.36. The van der Waals surface area contributed by atoms with E-state index < -0.39 is 9.84 Å². The van der Waals surface area contributed by atoms with Crippen LogP contribution >= 0.6 is 0 Å². The number of nitrogens with one attached hydrogen (secondary N) is 1. The molecule has 0 saturated carbocycles. The van der Waals surface area contributed by atoms with Crippen LogP contribution in [0.2, 0.25) is 0 Å². The summed E-state index contributed by atoms with van der Waals surface area (Å²) in [6.07, 6.45) is 1.25. The highest BCUT2D eigenvalue weighted by Crippen LogP contribution is 2.09. The van der Waals surface area contributed by atoms with E-state index in [4.69, 9.17) is 4.52 Å². The molecule has 0 amide bonds. The average molecular weight is 273 g/mol. The third kappa shape index (κ3) is 3.78. The Morgan fingerprint density at radius 3 is 2.94 bits per heavy atom. The van der Waals surface area contributed by atoms with Crippen molar-refractivity contribution in [2.45, 2.75) is 32.7 Å². The fraction of sp³-hybridized carbons (Fsp3) is 0.818. The Morgan fingerprint density at radius 2 is 2.28 bits per heavy atom. The maximum Gasteiger partial charge on any atom is 0.228 e. The van der Waals surface area contributed by atoms with Crippen molar-refractivity contribution in [3.05, 3.63) is 11.7 Å². The smallest absolute Gasteiger partial charge is 0.228 e. The lowest BCUT2D eigenvalue weighted by atomic mass is 10.1. The largest absolute Gasteiger partial charge is 0.339 e. The molecular formula is C11H19N3O3S. The minimum atomic E-state index is -2.92. The Kier molecular flexibility index (Phi) is 4.01. The molecule has 0 bridgehead atoms. The molecule has 7 heteroatoms. The molecule has 1 unspecified atom stereocenters. The number of sulfone groups is 1. The molecule has 0 radical (unpaired) electrons. The van der Waals surface area contributed by atoms with Gasteiger partial charge < -0.3 is 9.84 Å². The highest BCUT2D eigenvalue weighted by Gasteiger charge is 2.26. The summed E-state index contributed by atoms with van der Waals surface area (Å²) >= 11 is 0. The Hall–Kier alpha value is -0.950. The molecule has 1 aliphatic rings. The van der Waals surface area contributed by atoms with Crippen molar-refractivity contribution < 1.29 is 12.9 Å². The van der Waals surface area contributed by atoms with Crippen LogP contribution in [-0.4, -0.2) is 42.7 Å². The molecule has 0 aliphatic carbocycles. The van der Waals surface area contributed by atoms with Crippen LogP contribution in [0.1, 0.15) is 25.6 Å². The van der Waals surface area contributed by atoms with Crippen LogP contribution < -0.4 is 5.32 Å². The third-order valence-electron chi connectivity index (χ3n) is 2.82. The number of hydrogen-bond acceptors (Lipinski definition) is 6. The normalized spacial score (nSPS) is 23.4. The van der Waals surface area contributed by atoms with Crippen LogP contribution in [0, 0.1) is 5.92 Å². The fourth-order valence-corrected chi connectivity index (χ4v) is 3.47. The van der Waals surface area contributed by atoms with Gasteiger partial charge in [0.1, 0.15) is 0 Å². The van der Waals surface area contributed by atoms with Crippen LogP contribution in [0.3, 0.4) is 0 Å². The first kappa shape index (κ1) is 13.5. The predicted molar refractivity (Wildman–Crippen MR) is 67.0 cm³/mol. The monoisotopic (exact) mass is 273 g/mol. The Balaban J connectivity index is 1.95. The van der Waals surface area contributed by atoms with E-state index in [9.17, 15) is 8.42 Å². The Bertz CT molecular complexity index is 495. The lowest BCUT2D eigenvalue weighted by Crippen LogP contribution is -2.46. The molecule has 0 spiro atoms. The van der Waals surface area contributed by atoms with Gasteiger partial charge in [0, 0.05) is 25.4 Å². The lowest BCUT2D eigenvalue weighted by molar-refractivity contribution is 0.355. The summed E-state index contributed by atoms with van der Waals surface area (Å²) in [5, 5.41) is 7.06. The summed E-state index contributed by atoms with van der Waals surface area (Å²) in [6.45, 7) is 4.68. The van der Waals surface area contributed by atoms with E-state index in [1.54, 1.807) is 0 Å². The van der Waals surface area contributed by atoms with Crippen LogP contribution in [0.5, 0.6) is 0 Å². The Labute approximate surface area is 107 Å². The van der Waals surface area contributed by atoms with E-state index in [1.807, 2.05) is 0 Å². The summed E-state index contributed by atoms with van der Waals surface area (Å²) in [5.74, 6) is 2.04. The van der Waals surface area contributed by atoms with Gasteiger partial charge in [-0.2, -0.15) is 4.98 Å². The molecule has 2 rings (SSSR count). The van der Waals surface area contributed by atoms with Crippen molar-refractivity contribution in [2.75, 3.05) is 18.1 Å². The van der Waals surface area contributed by atoms with Crippen LogP contribution in [0.4, 0.5) is 0 Å². The zero-order valence-electron chi connectivity index (χ0n) is 10.7. The molecule has 1 N–H and O–H groups in total. The first-order valence-corrected chi connectivity index (χ1v) is 8.02. The first-order chi connectivity index (χ1) is 8.44. The number of aromatic nitrogens is 2. The average Bonchev–Trinajstić information content (AvgIpc) is 2.62. The van der Waals surface area contributed by atoms with Crippen molar-refractivity contribution in [2.24, 2.45) is 5.92 Å². The van der Waals surface area contributed by atoms with Crippen molar-refractivity contribution >= 4 is 9.84 Å². The summed E-state index contributed by atoms with van der Waals surface area (Å²) < 4.78 is 28.1. The van der Waals surface area contributed by atoms with Crippen molar-refractivity contribution in [1.82, 2.24) is 15.5 Å². The van der Waals surface area contributed by atoms with E-state index in [2.05, 4.69) is 29.3 Å². The van der Waals surface area contributed by atoms with Crippen LogP contribution in [0.15, 0.2) is 4.52 Å². The second-order valence-corrected chi connectivity index (χ2v) is 7.40. The zero-order chi connectivity index (χ0) is 13.2. The topological polar surface area (TPSA) is 85.1 Å². The number of nitrogens with zero attached hydrogens (tertiary/aromatic N) is 2. The van der Waals surface area contributed by atoms with Gasteiger partial charge in [-0.3, -0.25) is 0 Å². The molecule has 1 atom stereocenters.